The van der Waals surface area contributed by atoms with E-state index in [0.717, 1.165) is 36.9 Å². The van der Waals surface area contributed by atoms with E-state index in [4.69, 9.17) is 4.74 Å². The van der Waals surface area contributed by atoms with Gasteiger partial charge in [0.05, 0.1) is 6.61 Å². The van der Waals surface area contributed by atoms with Crippen molar-refractivity contribution >= 4 is 0 Å². The van der Waals surface area contributed by atoms with Crippen LogP contribution in [0.25, 0.3) is 0 Å². The summed E-state index contributed by atoms with van der Waals surface area (Å²) in [6.45, 7) is 7.72. The predicted octanol–water partition coefficient (Wildman–Crippen LogP) is 7.16. The van der Waals surface area contributed by atoms with E-state index in [1.807, 2.05) is 6.08 Å². The highest BCUT2D eigenvalue weighted by Crippen LogP contribution is 2.42. The summed E-state index contributed by atoms with van der Waals surface area (Å²) < 4.78 is 5.66. The van der Waals surface area contributed by atoms with E-state index in [1.54, 1.807) is 0 Å². The average molecular weight is 335 g/mol. The second-order valence-electron chi connectivity index (χ2n) is 8.59. The molecule has 0 aromatic rings. The first-order chi connectivity index (χ1) is 11.8. The molecular formula is C23H42O. The Balaban J connectivity index is 1.54. The third-order valence-electron chi connectivity index (χ3n) is 6.75. The van der Waals surface area contributed by atoms with Crippen LogP contribution in [-0.2, 0) is 4.74 Å². The van der Waals surface area contributed by atoms with Gasteiger partial charge in [0.15, 0.2) is 0 Å². The summed E-state index contributed by atoms with van der Waals surface area (Å²) in [4.78, 5) is 0. The Morgan fingerprint density at radius 3 is 1.96 bits per heavy atom. The Kier molecular flexibility index (Phi) is 10.1. The van der Waals surface area contributed by atoms with Crippen LogP contribution in [0.15, 0.2) is 12.7 Å². The van der Waals surface area contributed by atoms with Crippen LogP contribution in [0.2, 0.25) is 0 Å². The molecule has 2 saturated carbocycles. The highest BCUT2D eigenvalue weighted by molar-refractivity contribution is 4.82. The summed E-state index contributed by atoms with van der Waals surface area (Å²) in [5.41, 5.74) is 0. The van der Waals surface area contributed by atoms with E-state index in [0.29, 0.717) is 0 Å². The second kappa shape index (κ2) is 12.1. The van der Waals surface area contributed by atoms with Crippen LogP contribution in [0, 0.1) is 23.7 Å². The fourth-order valence-electron chi connectivity index (χ4n) is 5.13. The van der Waals surface area contributed by atoms with Gasteiger partial charge in [-0.05, 0) is 62.2 Å². The Morgan fingerprint density at radius 2 is 1.38 bits per heavy atom. The highest BCUT2D eigenvalue weighted by atomic mass is 16.5. The van der Waals surface area contributed by atoms with E-state index < -0.39 is 0 Å². The van der Waals surface area contributed by atoms with Gasteiger partial charge in [-0.25, -0.2) is 0 Å². The van der Waals surface area contributed by atoms with Crippen molar-refractivity contribution in [1.29, 1.82) is 0 Å². The maximum atomic E-state index is 5.66. The molecule has 0 aromatic heterocycles. The zero-order chi connectivity index (χ0) is 17.0. The number of hydrogen-bond acceptors (Lipinski definition) is 1. The lowest BCUT2D eigenvalue weighted by molar-refractivity contribution is 0.0779. The molecule has 0 aromatic carbocycles. The normalized spacial score (nSPS) is 31.0. The molecule has 24 heavy (non-hydrogen) atoms. The first kappa shape index (κ1) is 20.0. The van der Waals surface area contributed by atoms with Crippen LogP contribution in [0.1, 0.15) is 96.8 Å². The molecule has 0 saturated heterocycles. The summed E-state index contributed by atoms with van der Waals surface area (Å²) in [7, 11) is 0. The molecule has 2 rings (SSSR count). The molecule has 1 heteroatoms. The molecule has 140 valence electrons. The van der Waals surface area contributed by atoms with Gasteiger partial charge in [-0.15, -0.1) is 6.58 Å². The summed E-state index contributed by atoms with van der Waals surface area (Å²) in [5, 5.41) is 0. The lowest BCUT2D eigenvalue weighted by Crippen LogP contribution is -2.27. The molecule has 2 aliphatic carbocycles. The molecule has 0 atom stereocenters. The first-order valence-corrected chi connectivity index (χ1v) is 11.0. The van der Waals surface area contributed by atoms with Gasteiger partial charge < -0.3 is 4.74 Å². The molecule has 2 fully saturated rings. The number of hydrogen-bond donors (Lipinski definition) is 0. The van der Waals surface area contributed by atoms with Crippen molar-refractivity contribution in [3.8, 4) is 0 Å². The number of unbranched alkanes of at least 4 members (excludes halogenated alkanes) is 4. The zero-order valence-corrected chi connectivity index (χ0v) is 16.3. The largest absolute Gasteiger partial charge is 0.377 e. The van der Waals surface area contributed by atoms with Crippen LogP contribution < -0.4 is 0 Å². The highest BCUT2D eigenvalue weighted by Gasteiger charge is 2.30. The Hall–Kier alpha value is -0.300. The Bertz CT molecular complexity index is 308. The lowest BCUT2D eigenvalue weighted by atomic mass is 9.69. The molecule has 2 aliphatic rings. The van der Waals surface area contributed by atoms with E-state index in [2.05, 4.69) is 13.5 Å². The number of rotatable bonds is 11. The fourth-order valence-corrected chi connectivity index (χ4v) is 5.13. The SMILES string of the molecule is C=CCOC[C@H]1CC[C@H](C2CCC(CCCCCCC)CC2)CC1. The smallest absolute Gasteiger partial charge is 0.0644 e. The maximum Gasteiger partial charge on any atom is 0.0644 e. The standard InChI is InChI=1S/C23H42O/c1-3-5-6-7-8-9-20-10-14-22(15-11-20)23-16-12-21(13-17-23)19-24-18-4-2/h4,20-23H,2-3,5-19H2,1H3/t20?,21-,22?,23-. The van der Waals surface area contributed by atoms with Gasteiger partial charge in [0.1, 0.15) is 0 Å². The van der Waals surface area contributed by atoms with E-state index in [9.17, 15) is 0 Å². The van der Waals surface area contributed by atoms with Crippen LogP contribution >= 0.6 is 0 Å². The summed E-state index contributed by atoms with van der Waals surface area (Å²) >= 11 is 0. The topological polar surface area (TPSA) is 9.23 Å². The van der Waals surface area contributed by atoms with Gasteiger partial charge in [0.25, 0.3) is 0 Å². The zero-order valence-electron chi connectivity index (χ0n) is 16.3. The minimum Gasteiger partial charge on any atom is -0.377 e. The van der Waals surface area contributed by atoms with Gasteiger partial charge in [-0.3, -0.25) is 0 Å². The van der Waals surface area contributed by atoms with E-state index in [-0.39, 0.29) is 0 Å². The predicted molar refractivity (Wildman–Crippen MR) is 105 cm³/mol. The monoisotopic (exact) mass is 334 g/mol. The van der Waals surface area contributed by atoms with Crippen LogP contribution in [-0.4, -0.2) is 13.2 Å². The minimum atomic E-state index is 0.725. The first-order valence-electron chi connectivity index (χ1n) is 11.0. The minimum absolute atomic E-state index is 0.725. The Labute approximate surface area is 151 Å². The molecule has 0 heterocycles. The van der Waals surface area contributed by atoms with Crippen molar-refractivity contribution in [1.82, 2.24) is 0 Å². The van der Waals surface area contributed by atoms with Crippen molar-refractivity contribution in [2.24, 2.45) is 23.7 Å². The van der Waals surface area contributed by atoms with Crippen molar-refractivity contribution < 1.29 is 4.74 Å². The van der Waals surface area contributed by atoms with Crippen molar-refractivity contribution in [2.45, 2.75) is 96.8 Å². The molecule has 0 bridgehead atoms. The molecular weight excluding hydrogens is 292 g/mol. The van der Waals surface area contributed by atoms with Crippen molar-refractivity contribution in [2.75, 3.05) is 13.2 Å². The summed E-state index contributed by atoms with van der Waals surface area (Å²) in [6.07, 6.45) is 22.5. The second-order valence-corrected chi connectivity index (χ2v) is 8.59. The lowest BCUT2D eigenvalue weighted by Gasteiger charge is -2.38. The van der Waals surface area contributed by atoms with Gasteiger partial charge in [0.2, 0.25) is 0 Å². The van der Waals surface area contributed by atoms with Crippen LogP contribution in [0.5, 0.6) is 0 Å². The Morgan fingerprint density at radius 1 is 0.792 bits per heavy atom. The van der Waals surface area contributed by atoms with Gasteiger partial charge in [-0.1, -0.05) is 64.4 Å². The fraction of sp³-hybridized carbons (Fsp3) is 0.913. The molecule has 0 N–H and O–H groups in total. The van der Waals surface area contributed by atoms with Crippen LogP contribution in [0.3, 0.4) is 0 Å². The third-order valence-corrected chi connectivity index (χ3v) is 6.75. The third kappa shape index (κ3) is 7.30. The molecule has 0 amide bonds. The quantitative estimate of drug-likeness (QED) is 0.287. The number of ether oxygens (including phenoxy) is 1. The van der Waals surface area contributed by atoms with E-state index in [1.165, 1.54) is 89.9 Å². The summed E-state index contributed by atoms with van der Waals surface area (Å²) in [5.74, 6) is 3.97. The molecule has 0 spiro atoms. The van der Waals surface area contributed by atoms with Gasteiger partial charge in [-0.2, -0.15) is 0 Å². The maximum absolute atomic E-state index is 5.66. The molecule has 0 unspecified atom stereocenters. The molecule has 0 radical (unpaired) electrons. The van der Waals surface area contributed by atoms with Crippen LogP contribution in [0.4, 0.5) is 0 Å². The van der Waals surface area contributed by atoms with Crippen molar-refractivity contribution in [3.05, 3.63) is 12.7 Å². The summed E-state index contributed by atoms with van der Waals surface area (Å²) in [6, 6.07) is 0. The van der Waals surface area contributed by atoms with E-state index >= 15 is 0 Å². The van der Waals surface area contributed by atoms with Crippen molar-refractivity contribution in [3.63, 3.8) is 0 Å². The average Bonchev–Trinajstić information content (AvgIpc) is 2.63. The van der Waals surface area contributed by atoms with Gasteiger partial charge >= 0.3 is 0 Å². The molecule has 0 aliphatic heterocycles. The molecule has 1 nitrogen and oxygen atoms in total. The van der Waals surface area contributed by atoms with Gasteiger partial charge in [0, 0.05) is 6.61 Å².